The van der Waals surface area contributed by atoms with E-state index in [0.29, 0.717) is 33.1 Å². The zero-order valence-corrected chi connectivity index (χ0v) is 16.4. The minimum absolute atomic E-state index is 0.142. The molecule has 0 unspecified atom stereocenters. The molecule has 4 N–H and O–H groups in total. The smallest absolute Gasteiger partial charge is 0.271 e. The minimum atomic E-state index is -3.80. The van der Waals surface area contributed by atoms with Crippen molar-refractivity contribution in [1.29, 1.82) is 0 Å². The van der Waals surface area contributed by atoms with Crippen LogP contribution in [0.2, 0.25) is 0 Å². The quantitative estimate of drug-likeness (QED) is 0.432. The SMILES string of the molecule is NC(=O)c1cccc(-c2ccc(S(=O)(=O)Nc3cccc(-c4nnn[nH]4)c3)s2)c1. The van der Waals surface area contributed by atoms with Crippen LogP contribution < -0.4 is 10.5 Å². The summed E-state index contributed by atoms with van der Waals surface area (Å²) in [4.78, 5) is 12.1. The molecule has 0 radical (unpaired) electrons. The molecule has 0 aliphatic rings. The number of thiophene rings is 1. The highest BCUT2D eigenvalue weighted by Crippen LogP contribution is 2.32. The number of primary amides is 1. The fraction of sp³-hybridized carbons (Fsp3) is 0. The fourth-order valence-electron chi connectivity index (χ4n) is 2.66. The Morgan fingerprint density at radius 2 is 1.83 bits per heavy atom. The van der Waals surface area contributed by atoms with Gasteiger partial charge < -0.3 is 5.73 Å². The van der Waals surface area contributed by atoms with Crippen molar-refractivity contribution in [3.05, 3.63) is 66.2 Å². The van der Waals surface area contributed by atoms with Gasteiger partial charge in [0.25, 0.3) is 10.0 Å². The van der Waals surface area contributed by atoms with Gasteiger partial charge in [0.2, 0.25) is 5.91 Å². The van der Waals surface area contributed by atoms with Crippen LogP contribution in [0.4, 0.5) is 5.69 Å². The van der Waals surface area contributed by atoms with Gasteiger partial charge in [-0.25, -0.2) is 13.5 Å². The molecule has 11 heteroatoms. The molecule has 0 aliphatic heterocycles. The molecular formula is C18H14N6O3S2. The highest BCUT2D eigenvalue weighted by Gasteiger charge is 2.18. The van der Waals surface area contributed by atoms with E-state index in [1.807, 2.05) is 0 Å². The number of hydrogen-bond acceptors (Lipinski definition) is 7. The number of aromatic nitrogens is 4. The number of amides is 1. The van der Waals surface area contributed by atoms with E-state index in [0.717, 1.165) is 11.3 Å². The van der Waals surface area contributed by atoms with Gasteiger partial charge >= 0.3 is 0 Å². The number of tetrazole rings is 1. The van der Waals surface area contributed by atoms with E-state index in [9.17, 15) is 13.2 Å². The molecule has 0 bridgehead atoms. The van der Waals surface area contributed by atoms with E-state index >= 15 is 0 Å². The van der Waals surface area contributed by atoms with Crippen molar-refractivity contribution in [3.8, 4) is 21.8 Å². The predicted octanol–water partition coefficient (Wildman–Crippen LogP) is 2.49. The van der Waals surface area contributed by atoms with Gasteiger partial charge in [0.1, 0.15) is 4.21 Å². The van der Waals surface area contributed by atoms with Gasteiger partial charge in [-0.05, 0) is 52.4 Å². The summed E-state index contributed by atoms with van der Waals surface area (Å²) in [7, 11) is -3.80. The van der Waals surface area contributed by atoms with E-state index in [1.165, 1.54) is 6.07 Å². The Morgan fingerprint density at radius 3 is 2.59 bits per heavy atom. The minimum Gasteiger partial charge on any atom is -0.366 e. The fourth-order valence-corrected chi connectivity index (χ4v) is 5.01. The molecule has 146 valence electrons. The molecule has 2 aromatic heterocycles. The van der Waals surface area contributed by atoms with Gasteiger partial charge in [-0.3, -0.25) is 9.52 Å². The summed E-state index contributed by atoms with van der Waals surface area (Å²) in [5.74, 6) is -0.112. The monoisotopic (exact) mass is 426 g/mol. The van der Waals surface area contributed by atoms with E-state index in [-0.39, 0.29) is 4.21 Å². The third-order valence-electron chi connectivity index (χ3n) is 4.01. The number of aromatic amines is 1. The maximum atomic E-state index is 12.8. The number of rotatable bonds is 6. The molecule has 0 saturated heterocycles. The second-order valence-corrected chi connectivity index (χ2v) is 8.99. The summed E-state index contributed by atoms with van der Waals surface area (Å²) in [6.45, 7) is 0. The summed E-state index contributed by atoms with van der Waals surface area (Å²) in [6, 6.07) is 16.7. The van der Waals surface area contributed by atoms with Crippen molar-refractivity contribution in [3.63, 3.8) is 0 Å². The van der Waals surface area contributed by atoms with Crippen molar-refractivity contribution >= 4 is 33.0 Å². The van der Waals surface area contributed by atoms with Crippen molar-refractivity contribution in [2.24, 2.45) is 5.73 Å². The van der Waals surface area contributed by atoms with Crippen LogP contribution in [0.3, 0.4) is 0 Å². The normalized spacial score (nSPS) is 11.3. The Labute approximate surface area is 169 Å². The molecular weight excluding hydrogens is 412 g/mol. The highest BCUT2D eigenvalue weighted by atomic mass is 32.2. The Balaban J connectivity index is 1.60. The number of carbonyl (C=O) groups is 1. The number of nitrogens with two attached hydrogens (primary N) is 1. The lowest BCUT2D eigenvalue weighted by atomic mass is 10.1. The topological polar surface area (TPSA) is 144 Å². The number of nitrogens with zero attached hydrogens (tertiary/aromatic N) is 3. The number of hydrogen-bond donors (Lipinski definition) is 3. The second-order valence-electron chi connectivity index (χ2n) is 6.00. The van der Waals surface area contributed by atoms with E-state index in [1.54, 1.807) is 54.6 Å². The van der Waals surface area contributed by atoms with Crippen LogP contribution in [0, 0.1) is 0 Å². The molecule has 9 nitrogen and oxygen atoms in total. The molecule has 1 amide bonds. The van der Waals surface area contributed by atoms with Crippen molar-refractivity contribution in [2.45, 2.75) is 4.21 Å². The molecule has 2 aromatic carbocycles. The molecule has 2 heterocycles. The molecule has 0 fully saturated rings. The molecule has 29 heavy (non-hydrogen) atoms. The standard InChI is InChI=1S/C18H14N6O3S2/c19-17(25)12-4-1-3-11(9-12)15-7-8-16(28-15)29(26,27)22-14-6-2-5-13(10-14)18-20-23-24-21-18/h1-10,22H,(H2,19,25)(H,20,21,23,24). The number of benzene rings is 2. The molecule has 0 saturated carbocycles. The molecule has 4 aromatic rings. The van der Waals surface area contributed by atoms with Gasteiger partial charge in [0.05, 0.1) is 0 Å². The Hall–Kier alpha value is -3.57. The molecule has 4 rings (SSSR count). The first-order valence-corrected chi connectivity index (χ1v) is 10.6. The zero-order chi connectivity index (χ0) is 20.4. The Morgan fingerprint density at radius 1 is 1.03 bits per heavy atom. The number of H-pyrrole nitrogens is 1. The summed E-state index contributed by atoms with van der Waals surface area (Å²) in [5, 5.41) is 13.5. The highest BCUT2D eigenvalue weighted by molar-refractivity contribution is 7.94. The first-order valence-electron chi connectivity index (χ1n) is 8.29. The van der Waals surface area contributed by atoms with Crippen LogP contribution in [0.15, 0.2) is 64.9 Å². The van der Waals surface area contributed by atoms with Gasteiger partial charge in [-0.2, -0.15) is 0 Å². The van der Waals surface area contributed by atoms with Crippen molar-refractivity contribution in [1.82, 2.24) is 20.6 Å². The van der Waals surface area contributed by atoms with Gasteiger partial charge in [-0.15, -0.1) is 16.4 Å². The number of carbonyl (C=O) groups excluding carboxylic acids is 1. The molecule has 0 spiro atoms. The van der Waals surface area contributed by atoms with E-state index in [4.69, 9.17) is 5.73 Å². The lowest BCUT2D eigenvalue weighted by molar-refractivity contribution is 0.100. The predicted molar refractivity (Wildman–Crippen MR) is 109 cm³/mol. The Kier molecular flexibility index (Phi) is 4.82. The van der Waals surface area contributed by atoms with E-state index in [2.05, 4.69) is 25.3 Å². The van der Waals surface area contributed by atoms with Gasteiger partial charge in [-0.1, -0.05) is 24.3 Å². The average molecular weight is 426 g/mol. The average Bonchev–Trinajstić information content (AvgIpc) is 3.40. The van der Waals surface area contributed by atoms with E-state index < -0.39 is 15.9 Å². The first kappa shape index (κ1) is 18.8. The van der Waals surface area contributed by atoms with Crippen LogP contribution in [-0.2, 0) is 10.0 Å². The summed E-state index contributed by atoms with van der Waals surface area (Å²) in [5.41, 5.74) is 7.41. The maximum Gasteiger partial charge on any atom is 0.271 e. The van der Waals surface area contributed by atoms with Crippen LogP contribution in [-0.4, -0.2) is 34.9 Å². The summed E-state index contributed by atoms with van der Waals surface area (Å²) < 4.78 is 28.3. The summed E-state index contributed by atoms with van der Waals surface area (Å²) in [6.07, 6.45) is 0. The van der Waals surface area contributed by atoms with Crippen LogP contribution in [0.1, 0.15) is 10.4 Å². The summed E-state index contributed by atoms with van der Waals surface area (Å²) >= 11 is 1.09. The number of nitrogens with one attached hydrogen (secondary N) is 2. The van der Waals surface area contributed by atoms with Gasteiger partial charge in [0.15, 0.2) is 5.82 Å². The van der Waals surface area contributed by atoms with Crippen molar-refractivity contribution < 1.29 is 13.2 Å². The van der Waals surface area contributed by atoms with Gasteiger partial charge in [0, 0.05) is 21.7 Å². The second kappa shape index (κ2) is 7.45. The maximum absolute atomic E-state index is 12.8. The molecule has 0 atom stereocenters. The van der Waals surface area contributed by atoms with Crippen LogP contribution in [0.5, 0.6) is 0 Å². The number of anilines is 1. The zero-order valence-electron chi connectivity index (χ0n) is 14.7. The van der Waals surface area contributed by atoms with Crippen LogP contribution >= 0.6 is 11.3 Å². The van der Waals surface area contributed by atoms with Crippen LogP contribution in [0.25, 0.3) is 21.8 Å². The third kappa shape index (κ3) is 4.00. The third-order valence-corrected chi connectivity index (χ3v) is 7.02. The largest absolute Gasteiger partial charge is 0.366 e. The molecule has 0 aliphatic carbocycles. The number of sulfonamides is 1. The first-order chi connectivity index (χ1) is 13.9. The lowest BCUT2D eigenvalue weighted by Gasteiger charge is -2.07. The lowest BCUT2D eigenvalue weighted by Crippen LogP contribution is -2.11. The Bertz CT molecular complexity index is 1280. The van der Waals surface area contributed by atoms with Crippen molar-refractivity contribution in [2.75, 3.05) is 4.72 Å².